The molecular formula is C21H28N6. The van der Waals surface area contributed by atoms with Gasteiger partial charge >= 0.3 is 0 Å². The van der Waals surface area contributed by atoms with Gasteiger partial charge in [0, 0.05) is 47.7 Å². The van der Waals surface area contributed by atoms with Crippen LogP contribution in [0.1, 0.15) is 35.7 Å². The summed E-state index contributed by atoms with van der Waals surface area (Å²) < 4.78 is 0. The van der Waals surface area contributed by atoms with Gasteiger partial charge in [0.2, 0.25) is 0 Å². The van der Waals surface area contributed by atoms with Crippen LogP contribution in [0.4, 0.5) is 0 Å². The van der Waals surface area contributed by atoms with Crippen molar-refractivity contribution in [2.45, 2.75) is 41.0 Å². The minimum absolute atomic E-state index is 0.938. The Morgan fingerprint density at radius 2 is 1.30 bits per heavy atom. The summed E-state index contributed by atoms with van der Waals surface area (Å²) in [5.41, 5.74) is 4.49. The molecule has 0 aliphatic rings. The number of benzene rings is 1. The molecular weight excluding hydrogens is 336 g/mol. The first-order chi connectivity index (χ1) is 13.0. The Morgan fingerprint density at radius 1 is 0.704 bits per heavy atom. The van der Waals surface area contributed by atoms with Gasteiger partial charge in [-0.25, -0.2) is 15.0 Å². The normalized spacial score (nSPS) is 9.81. The van der Waals surface area contributed by atoms with Gasteiger partial charge in [0.1, 0.15) is 17.5 Å². The molecule has 0 aliphatic heterocycles. The summed E-state index contributed by atoms with van der Waals surface area (Å²) in [6, 6.07) is 10.1. The van der Waals surface area contributed by atoms with Gasteiger partial charge in [0.05, 0.1) is 0 Å². The van der Waals surface area contributed by atoms with Crippen molar-refractivity contribution in [2.75, 3.05) is 0 Å². The van der Waals surface area contributed by atoms with Crippen LogP contribution in [-0.4, -0.2) is 29.9 Å². The molecule has 1 aromatic carbocycles. The predicted molar refractivity (Wildman–Crippen MR) is 110 cm³/mol. The van der Waals surface area contributed by atoms with Gasteiger partial charge < -0.3 is 15.0 Å². The molecule has 0 unspecified atom stereocenters. The van der Waals surface area contributed by atoms with E-state index in [2.05, 4.69) is 36.8 Å². The highest BCUT2D eigenvalue weighted by Gasteiger charge is 1.98. The van der Waals surface area contributed by atoms with E-state index in [4.69, 9.17) is 0 Å². The number of nitrogens with one attached hydrogen (secondary N) is 3. The van der Waals surface area contributed by atoms with Crippen LogP contribution in [-0.2, 0) is 6.42 Å². The van der Waals surface area contributed by atoms with Crippen molar-refractivity contribution in [3.05, 3.63) is 77.7 Å². The lowest BCUT2D eigenvalue weighted by Crippen LogP contribution is -1.80. The largest absolute Gasteiger partial charge is 0.346 e. The number of aromatic amines is 3. The highest BCUT2D eigenvalue weighted by molar-refractivity contribution is 5.54. The van der Waals surface area contributed by atoms with Gasteiger partial charge in [-0.3, -0.25) is 0 Å². The predicted octanol–water partition coefficient (Wildman–Crippen LogP) is 4.69. The number of hydrogen-bond donors (Lipinski definition) is 3. The molecule has 3 heterocycles. The average Bonchev–Trinajstić information content (AvgIpc) is 3.39. The highest BCUT2D eigenvalue weighted by Crippen LogP contribution is 2.13. The van der Waals surface area contributed by atoms with E-state index in [1.165, 1.54) is 0 Å². The van der Waals surface area contributed by atoms with Crippen LogP contribution in [0.15, 0.2) is 48.9 Å². The summed E-state index contributed by atoms with van der Waals surface area (Å²) >= 11 is 0. The number of imidazole rings is 3. The maximum atomic E-state index is 4.23. The number of hydrogen-bond acceptors (Lipinski definition) is 3. The first-order valence-electron chi connectivity index (χ1n) is 9.03. The van der Waals surface area contributed by atoms with Crippen LogP contribution < -0.4 is 0 Å². The lowest BCUT2D eigenvalue weighted by Gasteiger charge is -1.93. The molecule has 0 saturated carbocycles. The third-order valence-electron chi connectivity index (χ3n) is 3.67. The fourth-order valence-corrected chi connectivity index (χ4v) is 2.35. The Bertz CT molecular complexity index is 900. The monoisotopic (exact) mass is 364 g/mol. The van der Waals surface area contributed by atoms with Crippen LogP contribution in [0.5, 0.6) is 0 Å². The number of nitrogens with zero attached hydrogens (tertiary/aromatic N) is 3. The molecule has 0 saturated heterocycles. The Kier molecular flexibility index (Phi) is 7.55. The highest BCUT2D eigenvalue weighted by atomic mass is 14.9. The van der Waals surface area contributed by atoms with Crippen molar-refractivity contribution in [1.29, 1.82) is 0 Å². The number of aryl methyl sites for hydroxylation is 5. The van der Waals surface area contributed by atoms with Crippen molar-refractivity contribution in [3.8, 4) is 11.4 Å². The molecule has 0 bridgehead atoms. The van der Waals surface area contributed by atoms with E-state index in [0.29, 0.717) is 0 Å². The van der Waals surface area contributed by atoms with E-state index in [0.717, 1.165) is 46.5 Å². The summed E-state index contributed by atoms with van der Waals surface area (Å²) in [6.45, 7) is 10.0. The van der Waals surface area contributed by atoms with E-state index in [-0.39, 0.29) is 0 Å². The van der Waals surface area contributed by atoms with Gasteiger partial charge in [0.15, 0.2) is 0 Å². The second kappa shape index (κ2) is 10.1. The molecule has 6 nitrogen and oxygen atoms in total. The first-order valence-corrected chi connectivity index (χ1v) is 9.03. The number of H-pyrrole nitrogens is 3. The van der Waals surface area contributed by atoms with E-state index in [9.17, 15) is 0 Å². The topological polar surface area (TPSA) is 86.0 Å². The third kappa shape index (κ3) is 6.93. The number of aromatic nitrogens is 6. The fourth-order valence-electron chi connectivity index (χ4n) is 2.35. The SMILES string of the molecule is CCc1ncc(C)[nH]1.Cc1cnc(-c2ccccc2)[nH]1.Cc1cnc(C)[nH]1. The smallest absolute Gasteiger partial charge is 0.137 e. The molecule has 6 heteroatoms. The molecule has 27 heavy (non-hydrogen) atoms. The molecule has 3 aromatic heterocycles. The molecule has 4 aromatic rings. The van der Waals surface area contributed by atoms with Gasteiger partial charge in [0.25, 0.3) is 0 Å². The maximum absolute atomic E-state index is 4.23. The molecule has 0 atom stereocenters. The molecule has 4 rings (SSSR count). The minimum atomic E-state index is 0.938. The maximum Gasteiger partial charge on any atom is 0.137 e. The van der Waals surface area contributed by atoms with E-state index < -0.39 is 0 Å². The fraction of sp³-hybridized carbons (Fsp3) is 0.286. The van der Waals surface area contributed by atoms with Crippen LogP contribution in [0.2, 0.25) is 0 Å². The van der Waals surface area contributed by atoms with E-state index >= 15 is 0 Å². The average molecular weight is 364 g/mol. The standard InChI is InChI=1S/C10H10N2.C6H10N2.C5H8N2/c1-8-7-11-10(12-8)9-5-3-2-4-6-9;1-3-6-7-4-5(2)8-6;1-4-3-6-5(2)7-4/h2-7H,1H3,(H,11,12);4H,3H2,1-2H3,(H,7,8);3H,1-2H3,(H,6,7). The van der Waals surface area contributed by atoms with Crippen LogP contribution in [0, 0.1) is 27.7 Å². The molecule has 3 N–H and O–H groups in total. The van der Waals surface area contributed by atoms with E-state index in [1.807, 2.05) is 76.6 Å². The zero-order valence-electron chi connectivity index (χ0n) is 16.7. The van der Waals surface area contributed by atoms with Crippen LogP contribution in [0.25, 0.3) is 11.4 Å². The van der Waals surface area contributed by atoms with Gasteiger partial charge in [-0.05, 0) is 27.7 Å². The van der Waals surface area contributed by atoms with Crippen molar-refractivity contribution < 1.29 is 0 Å². The Labute approximate surface area is 160 Å². The molecule has 0 aliphatic carbocycles. The lowest BCUT2D eigenvalue weighted by molar-refractivity contribution is 0.982. The van der Waals surface area contributed by atoms with Crippen LogP contribution >= 0.6 is 0 Å². The molecule has 0 radical (unpaired) electrons. The van der Waals surface area contributed by atoms with Gasteiger partial charge in [-0.1, -0.05) is 37.3 Å². The van der Waals surface area contributed by atoms with Crippen LogP contribution in [0.3, 0.4) is 0 Å². The minimum Gasteiger partial charge on any atom is -0.346 e. The molecule has 0 spiro atoms. The second-order valence-corrected chi connectivity index (χ2v) is 6.30. The van der Waals surface area contributed by atoms with Gasteiger partial charge in [-0.15, -0.1) is 0 Å². The molecule has 0 amide bonds. The van der Waals surface area contributed by atoms with Crippen molar-refractivity contribution in [1.82, 2.24) is 29.9 Å². The quantitative estimate of drug-likeness (QED) is 0.482. The number of rotatable bonds is 2. The van der Waals surface area contributed by atoms with Crippen molar-refractivity contribution >= 4 is 0 Å². The molecule has 0 fully saturated rings. The van der Waals surface area contributed by atoms with Crippen molar-refractivity contribution in [3.63, 3.8) is 0 Å². The summed E-state index contributed by atoms with van der Waals surface area (Å²) in [5, 5.41) is 0. The zero-order valence-corrected chi connectivity index (χ0v) is 16.7. The van der Waals surface area contributed by atoms with Crippen molar-refractivity contribution in [2.24, 2.45) is 0 Å². The first kappa shape index (κ1) is 20.2. The Morgan fingerprint density at radius 3 is 1.67 bits per heavy atom. The Hall–Kier alpha value is -3.15. The third-order valence-corrected chi connectivity index (χ3v) is 3.67. The summed E-state index contributed by atoms with van der Waals surface area (Å²) in [5.74, 6) is 2.99. The second-order valence-electron chi connectivity index (χ2n) is 6.30. The van der Waals surface area contributed by atoms with Gasteiger partial charge in [-0.2, -0.15) is 0 Å². The van der Waals surface area contributed by atoms with E-state index in [1.54, 1.807) is 0 Å². The summed E-state index contributed by atoms with van der Waals surface area (Å²) in [7, 11) is 0. The summed E-state index contributed by atoms with van der Waals surface area (Å²) in [4.78, 5) is 21.6. The Balaban J connectivity index is 0.000000153. The summed E-state index contributed by atoms with van der Waals surface area (Å²) in [6.07, 6.45) is 6.49. The lowest BCUT2D eigenvalue weighted by atomic mass is 10.2. The zero-order chi connectivity index (χ0) is 19.6. The molecule has 142 valence electrons.